The molecule has 2 rings (SSSR count). The second kappa shape index (κ2) is 6.97. The highest BCUT2D eigenvalue weighted by atomic mass is 16.6. The third-order valence-corrected chi connectivity index (χ3v) is 4.31. The first kappa shape index (κ1) is 16.6. The van der Waals surface area contributed by atoms with Crippen LogP contribution in [0.2, 0.25) is 0 Å². The van der Waals surface area contributed by atoms with Gasteiger partial charge in [-0.2, -0.15) is 0 Å². The van der Waals surface area contributed by atoms with E-state index in [2.05, 4.69) is 0 Å². The van der Waals surface area contributed by atoms with Gasteiger partial charge in [-0.1, -0.05) is 0 Å². The lowest BCUT2D eigenvalue weighted by molar-refractivity contribution is -0.0324. The maximum absolute atomic E-state index is 12.0. The fraction of sp³-hybridized carbons (Fsp3) is 0.938. The van der Waals surface area contributed by atoms with Gasteiger partial charge < -0.3 is 20.1 Å². The molecule has 122 valence electrons. The normalized spacial score (nSPS) is 30.5. The standard InChI is InChI=1S/C16H30N2O3/c1-16(2,3)21-15(19)18-9-8-14(11-18)20-13-6-4-12(10-17)5-7-13/h12-14H,4-11,17H2,1-3H3. The lowest BCUT2D eigenvalue weighted by Crippen LogP contribution is -2.36. The Morgan fingerprint density at radius 3 is 2.38 bits per heavy atom. The summed E-state index contributed by atoms with van der Waals surface area (Å²) in [7, 11) is 0. The summed E-state index contributed by atoms with van der Waals surface area (Å²) in [6.45, 7) is 7.87. The molecule has 1 saturated carbocycles. The quantitative estimate of drug-likeness (QED) is 0.869. The number of nitrogens with zero attached hydrogens (tertiary/aromatic N) is 1. The summed E-state index contributed by atoms with van der Waals surface area (Å²) in [5.74, 6) is 0.673. The number of nitrogens with two attached hydrogens (primary N) is 1. The molecule has 5 heteroatoms. The molecular weight excluding hydrogens is 268 g/mol. The number of likely N-dealkylation sites (tertiary alicyclic amines) is 1. The summed E-state index contributed by atoms with van der Waals surface area (Å²) in [4.78, 5) is 13.8. The first-order valence-electron chi connectivity index (χ1n) is 8.21. The van der Waals surface area contributed by atoms with E-state index in [-0.39, 0.29) is 12.2 Å². The van der Waals surface area contributed by atoms with Crippen LogP contribution in [0.4, 0.5) is 4.79 Å². The third-order valence-electron chi connectivity index (χ3n) is 4.31. The van der Waals surface area contributed by atoms with Gasteiger partial charge in [0, 0.05) is 6.54 Å². The van der Waals surface area contributed by atoms with E-state index >= 15 is 0 Å². The highest BCUT2D eigenvalue weighted by molar-refractivity contribution is 5.68. The van der Waals surface area contributed by atoms with E-state index in [1.807, 2.05) is 20.8 Å². The molecule has 2 fully saturated rings. The Kier molecular flexibility index (Phi) is 5.49. The number of hydrogen-bond acceptors (Lipinski definition) is 4. The van der Waals surface area contributed by atoms with Crippen LogP contribution in [-0.4, -0.2) is 48.4 Å². The Hall–Kier alpha value is -0.810. The molecule has 1 aliphatic heterocycles. The summed E-state index contributed by atoms with van der Waals surface area (Å²) in [5, 5.41) is 0. The van der Waals surface area contributed by atoms with Crippen LogP contribution in [0.25, 0.3) is 0 Å². The van der Waals surface area contributed by atoms with Crippen LogP contribution in [0.5, 0.6) is 0 Å². The molecule has 1 atom stereocenters. The highest BCUT2D eigenvalue weighted by Crippen LogP contribution is 2.28. The lowest BCUT2D eigenvalue weighted by Gasteiger charge is -2.30. The molecule has 5 nitrogen and oxygen atoms in total. The predicted octanol–water partition coefficient (Wildman–Crippen LogP) is 2.53. The minimum absolute atomic E-state index is 0.164. The summed E-state index contributed by atoms with van der Waals surface area (Å²) in [6.07, 6.45) is 5.74. The number of amides is 1. The lowest BCUT2D eigenvalue weighted by atomic mass is 9.87. The van der Waals surface area contributed by atoms with E-state index in [1.54, 1.807) is 4.90 Å². The second-order valence-electron chi connectivity index (χ2n) is 7.35. The number of carbonyl (C=O) groups is 1. The van der Waals surface area contributed by atoms with Crippen LogP contribution in [-0.2, 0) is 9.47 Å². The van der Waals surface area contributed by atoms with Gasteiger partial charge in [0.1, 0.15) is 5.60 Å². The van der Waals surface area contributed by atoms with Gasteiger partial charge in [0.2, 0.25) is 0 Å². The van der Waals surface area contributed by atoms with Crippen LogP contribution in [0.15, 0.2) is 0 Å². The first-order chi connectivity index (χ1) is 9.87. The zero-order valence-electron chi connectivity index (χ0n) is 13.6. The van der Waals surface area contributed by atoms with Crippen LogP contribution >= 0.6 is 0 Å². The van der Waals surface area contributed by atoms with E-state index in [4.69, 9.17) is 15.2 Å². The fourth-order valence-corrected chi connectivity index (χ4v) is 3.11. The van der Waals surface area contributed by atoms with Crippen molar-refractivity contribution in [1.82, 2.24) is 4.90 Å². The Balaban J connectivity index is 1.72. The fourth-order valence-electron chi connectivity index (χ4n) is 3.11. The Bertz CT molecular complexity index is 346. The van der Waals surface area contributed by atoms with Gasteiger partial charge in [0.05, 0.1) is 18.8 Å². The van der Waals surface area contributed by atoms with Crippen LogP contribution in [0.3, 0.4) is 0 Å². The van der Waals surface area contributed by atoms with Crippen LogP contribution in [0, 0.1) is 5.92 Å². The summed E-state index contributed by atoms with van der Waals surface area (Å²) in [5.41, 5.74) is 5.28. The van der Waals surface area contributed by atoms with Crippen molar-refractivity contribution in [3.05, 3.63) is 0 Å². The Labute approximate surface area is 128 Å². The maximum Gasteiger partial charge on any atom is 0.410 e. The molecule has 1 unspecified atom stereocenters. The third kappa shape index (κ3) is 5.15. The molecule has 0 spiro atoms. The van der Waals surface area contributed by atoms with Crippen molar-refractivity contribution < 1.29 is 14.3 Å². The van der Waals surface area contributed by atoms with Gasteiger partial charge in [-0.25, -0.2) is 4.79 Å². The second-order valence-corrected chi connectivity index (χ2v) is 7.35. The summed E-state index contributed by atoms with van der Waals surface area (Å²) < 4.78 is 11.6. The van der Waals surface area contributed by atoms with Crippen molar-refractivity contribution >= 4 is 6.09 Å². The van der Waals surface area contributed by atoms with Gasteiger partial charge in [0.15, 0.2) is 0 Å². The van der Waals surface area contributed by atoms with Crippen molar-refractivity contribution in [1.29, 1.82) is 0 Å². The van der Waals surface area contributed by atoms with E-state index in [0.717, 1.165) is 32.4 Å². The average molecular weight is 298 g/mol. The number of carbonyl (C=O) groups excluding carboxylic acids is 1. The van der Waals surface area contributed by atoms with Gasteiger partial charge in [-0.15, -0.1) is 0 Å². The molecule has 1 amide bonds. The molecule has 0 aromatic rings. The van der Waals surface area contributed by atoms with E-state index in [1.165, 1.54) is 12.8 Å². The molecule has 1 saturated heterocycles. The minimum Gasteiger partial charge on any atom is -0.444 e. The van der Waals surface area contributed by atoms with Gasteiger partial charge in [-0.3, -0.25) is 0 Å². The molecule has 0 aromatic carbocycles. The van der Waals surface area contributed by atoms with Crippen molar-refractivity contribution in [2.45, 2.75) is 70.7 Å². The molecule has 0 aromatic heterocycles. The number of hydrogen-bond donors (Lipinski definition) is 1. The number of ether oxygens (including phenoxy) is 2. The topological polar surface area (TPSA) is 64.8 Å². The zero-order valence-corrected chi connectivity index (χ0v) is 13.6. The Morgan fingerprint density at radius 2 is 1.81 bits per heavy atom. The number of rotatable bonds is 3. The highest BCUT2D eigenvalue weighted by Gasteiger charge is 2.32. The largest absolute Gasteiger partial charge is 0.444 e. The van der Waals surface area contributed by atoms with Crippen molar-refractivity contribution in [3.63, 3.8) is 0 Å². The SMILES string of the molecule is CC(C)(C)OC(=O)N1CCC(OC2CCC(CN)CC2)C1. The van der Waals surface area contributed by atoms with Gasteiger partial charge >= 0.3 is 6.09 Å². The molecule has 1 heterocycles. The maximum atomic E-state index is 12.0. The first-order valence-corrected chi connectivity index (χ1v) is 8.21. The van der Waals surface area contributed by atoms with E-state index in [0.29, 0.717) is 18.6 Å². The molecule has 21 heavy (non-hydrogen) atoms. The average Bonchev–Trinajstić information content (AvgIpc) is 2.86. The molecule has 2 N–H and O–H groups in total. The zero-order chi connectivity index (χ0) is 15.5. The van der Waals surface area contributed by atoms with E-state index < -0.39 is 5.60 Å². The molecular formula is C16H30N2O3. The predicted molar refractivity (Wildman–Crippen MR) is 82.1 cm³/mol. The molecule has 1 aliphatic carbocycles. The molecule has 0 bridgehead atoms. The van der Waals surface area contributed by atoms with Crippen molar-refractivity contribution in [3.8, 4) is 0 Å². The van der Waals surface area contributed by atoms with Gasteiger partial charge in [0.25, 0.3) is 0 Å². The van der Waals surface area contributed by atoms with Crippen molar-refractivity contribution in [2.75, 3.05) is 19.6 Å². The van der Waals surface area contributed by atoms with E-state index in [9.17, 15) is 4.79 Å². The summed E-state index contributed by atoms with van der Waals surface area (Å²) in [6, 6.07) is 0. The monoisotopic (exact) mass is 298 g/mol. The van der Waals surface area contributed by atoms with Crippen LogP contribution in [0.1, 0.15) is 52.9 Å². The van der Waals surface area contributed by atoms with Crippen LogP contribution < -0.4 is 5.73 Å². The summed E-state index contributed by atoms with van der Waals surface area (Å²) >= 11 is 0. The molecule has 0 radical (unpaired) electrons. The smallest absolute Gasteiger partial charge is 0.410 e. The molecule has 2 aliphatic rings. The Morgan fingerprint density at radius 1 is 1.14 bits per heavy atom. The van der Waals surface area contributed by atoms with Crippen molar-refractivity contribution in [2.24, 2.45) is 11.7 Å². The minimum atomic E-state index is -0.434. The van der Waals surface area contributed by atoms with Gasteiger partial charge in [-0.05, 0) is 65.3 Å².